The molecule has 4 nitrogen and oxygen atoms in total. The van der Waals surface area contributed by atoms with Crippen LogP contribution in [0.25, 0.3) is 0 Å². The minimum absolute atomic E-state index is 0.356. The number of hydrogen-bond donors (Lipinski definition) is 2. The number of anilines is 1. The molecule has 0 saturated heterocycles. The Hall–Kier alpha value is -2.10. The van der Waals surface area contributed by atoms with Gasteiger partial charge in [0.25, 0.3) is 0 Å². The molecular weight excluding hydrogens is 206 g/mol. The fraction of sp³-hybridized carbons (Fsp3) is 0.167. The molecule has 0 aliphatic carbocycles. The van der Waals surface area contributed by atoms with Crippen molar-refractivity contribution in [1.29, 1.82) is 0 Å². The average molecular weight is 219 g/mol. The molecule has 0 aliphatic heterocycles. The van der Waals surface area contributed by atoms with Crippen LogP contribution in [0.15, 0.2) is 36.9 Å². The van der Waals surface area contributed by atoms with E-state index >= 15 is 0 Å². The fourth-order valence-corrected chi connectivity index (χ4v) is 1.31. The Labute approximate surface area is 93.6 Å². The van der Waals surface area contributed by atoms with E-state index in [1.54, 1.807) is 31.2 Å². The Morgan fingerprint density at radius 2 is 2.06 bits per heavy atom. The largest absolute Gasteiger partial charge is 0.481 e. The smallest absolute Gasteiger partial charge is 0.310 e. The monoisotopic (exact) mass is 219 g/mol. The minimum atomic E-state index is -0.930. The highest BCUT2D eigenvalue weighted by Crippen LogP contribution is 2.24. The number of hydrogen-bond acceptors (Lipinski definition) is 2. The van der Waals surface area contributed by atoms with Crippen LogP contribution in [-0.2, 0) is 9.59 Å². The number of rotatable bonds is 4. The lowest BCUT2D eigenvalue weighted by Gasteiger charge is -2.12. The van der Waals surface area contributed by atoms with Gasteiger partial charge in [0.1, 0.15) is 0 Å². The Balaban J connectivity index is 3.04. The van der Waals surface area contributed by atoms with E-state index in [1.807, 2.05) is 0 Å². The Morgan fingerprint density at radius 3 is 2.62 bits per heavy atom. The summed E-state index contributed by atoms with van der Waals surface area (Å²) in [5.41, 5.74) is 1.08. The highest BCUT2D eigenvalue weighted by Gasteiger charge is 2.17. The molecular formula is C12H13NO3. The van der Waals surface area contributed by atoms with E-state index in [1.165, 1.54) is 0 Å². The van der Waals surface area contributed by atoms with E-state index in [4.69, 9.17) is 5.11 Å². The molecule has 0 heterocycles. The third kappa shape index (κ3) is 2.70. The van der Waals surface area contributed by atoms with Crippen LogP contribution in [0.2, 0.25) is 0 Å². The molecule has 0 radical (unpaired) electrons. The van der Waals surface area contributed by atoms with Crippen molar-refractivity contribution in [3.63, 3.8) is 0 Å². The molecule has 1 aromatic rings. The lowest BCUT2D eigenvalue weighted by Crippen LogP contribution is -2.14. The number of aliphatic carboxylic acids is 1. The van der Waals surface area contributed by atoms with E-state index < -0.39 is 11.9 Å². The van der Waals surface area contributed by atoms with Crippen molar-refractivity contribution in [1.82, 2.24) is 0 Å². The number of benzene rings is 1. The van der Waals surface area contributed by atoms with Gasteiger partial charge in [-0.15, -0.1) is 0 Å². The molecule has 0 bridgehead atoms. The normalized spacial score (nSPS) is 11.6. The third-order valence-electron chi connectivity index (χ3n) is 2.24. The van der Waals surface area contributed by atoms with Crippen LogP contribution in [0.1, 0.15) is 18.4 Å². The summed E-state index contributed by atoms with van der Waals surface area (Å²) in [5.74, 6) is -1.95. The molecule has 0 spiro atoms. The molecule has 1 rings (SSSR count). The first-order chi connectivity index (χ1) is 7.56. The third-order valence-corrected chi connectivity index (χ3v) is 2.24. The number of carbonyl (C=O) groups excluding carboxylic acids is 1. The SMILES string of the molecule is C=CC(=O)Nc1ccccc1C(C)C(=O)O. The van der Waals surface area contributed by atoms with E-state index in [-0.39, 0.29) is 5.91 Å². The molecule has 0 aliphatic rings. The molecule has 16 heavy (non-hydrogen) atoms. The quantitative estimate of drug-likeness (QED) is 0.761. The van der Waals surface area contributed by atoms with Gasteiger partial charge in [-0.3, -0.25) is 9.59 Å². The molecule has 1 aromatic carbocycles. The molecule has 4 heteroatoms. The van der Waals surface area contributed by atoms with Gasteiger partial charge in [-0.05, 0) is 24.6 Å². The summed E-state index contributed by atoms with van der Waals surface area (Å²) in [4.78, 5) is 22.0. The zero-order valence-corrected chi connectivity index (χ0v) is 8.93. The first kappa shape index (κ1) is 12.0. The van der Waals surface area contributed by atoms with Gasteiger partial charge in [0.2, 0.25) is 5.91 Å². The summed E-state index contributed by atoms with van der Waals surface area (Å²) in [6.07, 6.45) is 1.14. The summed E-state index contributed by atoms with van der Waals surface area (Å²) >= 11 is 0. The van der Waals surface area contributed by atoms with E-state index in [9.17, 15) is 9.59 Å². The van der Waals surface area contributed by atoms with Gasteiger partial charge in [-0.25, -0.2) is 0 Å². The predicted octanol–water partition coefficient (Wildman–Crippen LogP) is 2.00. The lowest BCUT2D eigenvalue weighted by atomic mass is 9.99. The van der Waals surface area contributed by atoms with Gasteiger partial charge in [0, 0.05) is 5.69 Å². The van der Waals surface area contributed by atoms with Gasteiger partial charge in [-0.2, -0.15) is 0 Å². The first-order valence-electron chi connectivity index (χ1n) is 4.81. The van der Waals surface area contributed by atoms with Crippen molar-refractivity contribution >= 4 is 17.6 Å². The number of carboxylic acids is 1. The molecule has 2 N–H and O–H groups in total. The van der Waals surface area contributed by atoms with Crippen molar-refractivity contribution in [2.75, 3.05) is 5.32 Å². The zero-order chi connectivity index (χ0) is 12.1. The first-order valence-corrected chi connectivity index (χ1v) is 4.81. The summed E-state index contributed by atoms with van der Waals surface area (Å²) in [5, 5.41) is 11.5. The number of amides is 1. The van der Waals surface area contributed by atoms with Crippen LogP contribution in [0, 0.1) is 0 Å². The maximum absolute atomic E-state index is 11.1. The van der Waals surface area contributed by atoms with Crippen molar-refractivity contribution in [2.45, 2.75) is 12.8 Å². The Kier molecular flexibility index (Phi) is 3.83. The molecule has 1 amide bonds. The second-order valence-corrected chi connectivity index (χ2v) is 3.34. The van der Waals surface area contributed by atoms with Crippen LogP contribution in [0.4, 0.5) is 5.69 Å². The van der Waals surface area contributed by atoms with Crippen LogP contribution in [-0.4, -0.2) is 17.0 Å². The van der Waals surface area contributed by atoms with Crippen LogP contribution in [0.3, 0.4) is 0 Å². The highest BCUT2D eigenvalue weighted by molar-refractivity contribution is 5.99. The molecule has 1 atom stereocenters. The number of carboxylic acid groups (broad SMARTS) is 1. The van der Waals surface area contributed by atoms with E-state index in [0.29, 0.717) is 11.3 Å². The van der Waals surface area contributed by atoms with Crippen LogP contribution < -0.4 is 5.32 Å². The zero-order valence-electron chi connectivity index (χ0n) is 8.93. The Morgan fingerprint density at radius 1 is 1.44 bits per heavy atom. The maximum atomic E-state index is 11.1. The number of carbonyl (C=O) groups is 2. The molecule has 0 aromatic heterocycles. The van der Waals surface area contributed by atoms with Gasteiger partial charge in [0.05, 0.1) is 5.92 Å². The van der Waals surface area contributed by atoms with Crippen molar-refractivity contribution in [2.24, 2.45) is 0 Å². The second kappa shape index (κ2) is 5.11. The van der Waals surface area contributed by atoms with Gasteiger partial charge in [-0.1, -0.05) is 24.8 Å². The highest BCUT2D eigenvalue weighted by atomic mass is 16.4. The van der Waals surface area contributed by atoms with Crippen molar-refractivity contribution in [3.8, 4) is 0 Å². The second-order valence-electron chi connectivity index (χ2n) is 3.34. The predicted molar refractivity (Wildman–Crippen MR) is 61.3 cm³/mol. The molecule has 0 fully saturated rings. The summed E-state index contributed by atoms with van der Waals surface area (Å²) < 4.78 is 0. The summed E-state index contributed by atoms with van der Waals surface area (Å²) in [7, 11) is 0. The Bertz CT molecular complexity index is 426. The van der Waals surface area contributed by atoms with Crippen LogP contribution in [0.5, 0.6) is 0 Å². The molecule has 1 unspecified atom stereocenters. The standard InChI is InChI=1S/C12H13NO3/c1-3-11(14)13-10-7-5-4-6-9(10)8(2)12(15)16/h3-8H,1H2,2H3,(H,13,14)(H,15,16). The fourth-order valence-electron chi connectivity index (χ4n) is 1.31. The van der Waals surface area contributed by atoms with E-state index in [0.717, 1.165) is 6.08 Å². The lowest BCUT2D eigenvalue weighted by molar-refractivity contribution is -0.138. The molecule has 84 valence electrons. The van der Waals surface area contributed by atoms with Gasteiger partial charge < -0.3 is 10.4 Å². The summed E-state index contributed by atoms with van der Waals surface area (Å²) in [6.45, 7) is 4.91. The van der Waals surface area contributed by atoms with E-state index in [2.05, 4.69) is 11.9 Å². The maximum Gasteiger partial charge on any atom is 0.310 e. The summed E-state index contributed by atoms with van der Waals surface area (Å²) in [6, 6.07) is 6.81. The minimum Gasteiger partial charge on any atom is -0.481 e. The topological polar surface area (TPSA) is 66.4 Å². The number of nitrogens with one attached hydrogen (secondary N) is 1. The number of para-hydroxylation sites is 1. The van der Waals surface area contributed by atoms with Crippen molar-refractivity contribution < 1.29 is 14.7 Å². The van der Waals surface area contributed by atoms with Crippen LogP contribution >= 0.6 is 0 Å². The average Bonchev–Trinajstić information content (AvgIpc) is 2.28. The van der Waals surface area contributed by atoms with Gasteiger partial charge in [0.15, 0.2) is 0 Å². The molecule has 0 saturated carbocycles. The van der Waals surface area contributed by atoms with Gasteiger partial charge >= 0.3 is 5.97 Å². The van der Waals surface area contributed by atoms with Crippen molar-refractivity contribution in [3.05, 3.63) is 42.5 Å².